The number of nitrogens with zero attached hydrogens (tertiary/aromatic N) is 7. The molecule has 1 aliphatic heterocycles. The van der Waals surface area contributed by atoms with Crippen LogP contribution in [0.2, 0.25) is 0 Å². The molecule has 0 atom stereocenters. The highest BCUT2D eigenvalue weighted by Gasteiger charge is 2.21. The zero-order chi connectivity index (χ0) is 16.8. The molecule has 24 heavy (non-hydrogen) atoms. The smallest absolute Gasteiger partial charge is 0.229 e. The van der Waals surface area contributed by atoms with Crippen LogP contribution in [0.3, 0.4) is 0 Å². The van der Waals surface area contributed by atoms with E-state index in [1.165, 1.54) is 12.1 Å². The summed E-state index contributed by atoms with van der Waals surface area (Å²) in [5.41, 5.74) is 1.07. The molecule has 0 amide bonds. The van der Waals surface area contributed by atoms with Gasteiger partial charge in [-0.1, -0.05) is 0 Å². The zero-order valence-corrected chi connectivity index (χ0v) is 13.5. The van der Waals surface area contributed by atoms with E-state index in [-0.39, 0.29) is 5.56 Å². The van der Waals surface area contributed by atoms with Crippen LogP contribution in [-0.2, 0) is 0 Å². The molecule has 1 aromatic carbocycles. The fourth-order valence-electron chi connectivity index (χ4n) is 3.02. The number of fused-ring (bicyclic) bond motifs is 3. The molecule has 3 aromatic rings. The molecule has 1 fully saturated rings. The number of anilines is 1. The van der Waals surface area contributed by atoms with Gasteiger partial charge < -0.3 is 9.80 Å². The molecule has 0 spiro atoms. The third-order valence-corrected chi connectivity index (χ3v) is 4.36. The molecular formula is C16H16FN7. The van der Waals surface area contributed by atoms with Gasteiger partial charge in [0.25, 0.3) is 0 Å². The second-order valence-electron chi connectivity index (χ2n) is 6.06. The number of aromatic nitrogens is 4. The van der Waals surface area contributed by atoms with E-state index in [0.717, 1.165) is 26.2 Å². The van der Waals surface area contributed by atoms with Crippen LogP contribution in [0.25, 0.3) is 16.6 Å². The summed E-state index contributed by atoms with van der Waals surface area (Å²) in [5.74, 6) is 0.709. The Bertz CT molecular complexity index is 980. The number of likely N-dealkylation sites (N-methyl/N-ethyl adjacent to an activating group) is 1. The number of rotatable bonds is 1. The van der Waals surface area contributed by atoms with Gasteiger partial charge in [0.2, 0.25) is 5.95 Å². The number of aryl methyl sites for hydroxylation is 1. The summed E-state index contributed by atoms with van der Waals surface area (Å²) in [6.07, 6.45) is 0. The van der Waals surface area contributed by atoms with Crippen molar-refractivity contribution in [2.24, 2.45) is 0 Å². The van der Waals surface area contributed by atoms with Crippen molar-refractivity contribution >= 4 is 22.5 Å². The summed E-state index contributed by atoms with van der Waals surface area (Å²) in [6.45, 7) is 5.30. The van der Waals surface area contributed by atoms with Crippen LogP contribution >= 0.6 is 0 Å². The van der Waals surface area contributed by atoms with Crippen molar-refractivity contribution in [3.05, 3.63) is 29.3 Å². The van der Waals surface area contributed by atoms with E-state index in [2.05, 4.69) is 31.9 Å². The summed E-state index contributed by atoms with van der Waals surface area (Å²) >= 11 is 0. The SMILES string of the molecule is Cc1nc2c3cc(C#N)c(F)cc3nc(N3CCN(C)CC3)n2n1. The first-order chi connectivity index (χ1) is 11.6. The zero-order valence-electron chi connectivity index (χ0n) is 13.5. The van der Waals surface area contributed by atoms with E-state index >= 15 is 0 Å². The molecule has 0 saturated carbocycles. The number of halogens is 1. The van der Waals surface area contributed by atoms with Crippen LogP contribution in [0.1, 0.15) is 11.4 Å². The molecule has 2 aromatic heterocycles. The van der Waals surface area contributed by atoms with Gasteiger partial charge in [0, 0.05) is 37.6 Å². The van der Waals surface area contributed by atoms with Crippen LogP contribution < -0.4 is 4.90 Å². The van der Waals surface area contributed by atoms with Crippen LogP contribution in [0.4, 0.5) is 10.3 Å². The first-order valence-corrected chi connectivity index (χ1v) is 7.77. The first kappa shape index (κ1) is 14.8. The Morgan fingerprint density at radius 3 is 2.62 bits per heavy atom. The minimum absolute atomic E-state index is 0.0146. The molecule has 0 unspecified atom stereocenters. The Morgan fingerprint density at radius 2 is 1.92 bits per heavy atom. The maximum Gasteiger partial charge on any atom is 0.229 e. The summed E-state index contributed by atoms with van der Waals surface area (Å²) in [5, 5.41) is 14.1. The summed E-state index contributed by atoms with van der Waals surface area (Å²) in [4.78, 5) is 13.5. The van der Waals surface area contributed by atoms with Crippen LogP contribution in [0.5, 0.6) is 0 Å². The maximum atomic E-state index is 14.0. The van der Waals surface area contributed by atoms with Crippen molar-refractivity contribution in [3.63, 3.8) is 0 Å². The number of nitriles is 1. The molecule has 3 heterocycles. The van der Waals surface area contributed by atoms with Gasteiger partial charge in [-0.25, -0.2) is 14.4 Å². The van der Waals surface area contributed by atoms with Gasteiger partial charge in [0.1, 0.15) is 17.7 Å². The van der Waals surface area contributed by atoms with E-state index in [9.17, 15) is 4.39 Å². The van der Waals surface area contributed by atoms with E-state index < -0.39 is 5.82 Å². The number of hydrogen-bond acceptors (Lipinski definition) is 6. The quantitative estimate of drug-likeness (QED) is 0.672. The molecule has 0 radical (unpaired) electrons. The lowest BCUT2D eigenvalue weighted by Crippen LogP contribution is -2.45. The summed E-state index contributed by atoms with van der Waals surface area (Å²) in [6, 6.07) is 4.66. The summed E-state index contributed by atoms with van der Waals surface area (Å²) < 4.78 is 15.7. The van der Waals surface area contributed by atoms with Crippen LogP contribution in [-0.4, -0.2) is 57.7 Å². The largest absolute Gasteiger partial charge is 0.338 e. The van der Waals surface area contributed by atoms with E-state index in [0.29, 0.717) is 28.3 Å². The predicted molar refractivity (Wildman–Crippen MR) is 87.4 cm³/mol. The van der Waals surface area contributed by atoms with Crippen molar-refractivity contribution in [1.82, 2.24) is 24.5 Å². The minimum Gasteiger partial charge on any atom is -0.338 e. The predicted octanol–water partition coefficient (Wildman–Crippen LogP) is 1.35. The van der Waals surface area contributed by atoms with E-state index in [4.69, 9.17) is 5.26 Å². The lowest BCUT2D eigenvalue weighted by Gasteiger charge is -2.33. The number of hydrogen-bond donors (Lipinski definition) is 0. The highest BCUT2D eigenvalue weighted by Crippen LogP contribution is 2.25. The number of piperazine rings is 1. The molecule has 8 heteroatoms. The van der Waals surface area contributed by atoms with Gasteiger partial charge in [0.05, 0.1) is 11.1 Å². The normalized spacial score (nSPS) is 16.0. The molecule has 0 aliphatic carbocycles. The van der Waals surface area contributed by atoms with Gasteiger partial charge in [-0.05, 0) is 20.0 Å². The fourth-order valence-corrected chi connectivity index (χ4v) is 3.02. The van der Waals surface area contributed by atoms with Crippen molar-refractivity contribution in [2.75, 3.05) is 38.1 Å². The highest BCUT2D eigenvalue weighted by molar-refractivity contribution is 5.93. The molecule has 122 valence electrons. The van der Waals surface area contributed by atoms with Gasteiger partial charge in [-0.15, -0.1) is 5.10 Å². The molecule has 1 saturated heterocycles. The first-order valence-electron chi connectivity index (χ1n) is 7.77. The van der Waals surface area contributed by atoms with E-state index in [1.807, 2.05) is 6.07 Å². The van der Waals surface area contributed by atoms with Crippen LogP contribution in [0.15, 0.2) is 12.1 Å². The number of benzene rings is 1. The monoisotopic (exact) mass is 325 g/mol. The van der Waals surface area contributed by atoms with Crippen molar-refractivity contribution in [3.8, 4) is 6.07 Å². The van der Waals surface area contributed by atoms with Gasteiger partial charge in [0.15, 0.2) is 5.65 Å². The third kappa shape index (κ3) is 2.25. The Morgan fingerprint density at radius 1 is 1.17 bits per heavy atom. The van der Waals surface area contributed by atoms with Crippen molar-refractivity contribution in [1.29, 1.82) is 5.26 Å². The Kier molecular flexibility index (Phi) is 3.32. The Balaban J connectivity index is 1.98. The second-order valence-corrected chi connectivity index (χ2v) is 6.06. The van der Waals surface area contributed by atoms with Gasteiger partial charge in [-0.3, -0.25) is 0 Å². The minimum atomic E-state index is -0.567. The fraction of sp³-hybridized carbons (Fsp3) is 0.375. The average Bonchev–Trinajstić information content (AvgIpc) is 2.96. The second kappa shape index (κ2) is 5.39. The van der Waals surface area contributed by atoms with Crippen molar-refractivity contribution in [2.45, 2.75) is 6.92 Å². The molecule has 0 bridgehead atoms. The topological polar surface area (TPSA) is 73.4 Å². The molecule has 1 aliphatic rings. The molecule has 7 nitrogen and oxygen atoms in total. The molecule has 0 N–H and O–H groups in total. The van der Waals surface area contributed by atoms with Gasteiger partial charge in [-0.2, -0.15) is 9.78 Å². The highest BCUT2D eigenvalue weighted by atomic mass is 19.1. The standard InChI is InChI=1S/C16H16FN7/c1-10-19-15-12-7-11(9-18)13(17)8-14(12)20-16(24(15)21-10)23-5-3-22(2)4-6-23/h7-8H,3-6H2,1-2H3. The summed E-state index contributed by atoms with van der Waals surface area (Å²) in [7, 11) is 2.08. The molecular weight excluding hydrogens is 309 g/mol. The third-order valence-electron chi connectivity index (χ3n) is 4.36. The van der Waals surface area contributed by atoms with E-state index in [1.54, 1.807) is 11.4 Å². The maximum absolute atomic E-state index is 14.0. The Labute approximate surface area is 137 Å². The van der Waals surface area contributed by atoms with Crippen molar-refractivity contribution < 1.29 is 4.39 Å². The lowest BCUT2D eigenvalue weighted by atomic mass is 10.1. The Hall–Kier alpha value is -2.79. The van der Waals surface area contributed by atoms with Gasteiger partial charge >= 0.3 is 0 Å². The molecule has 4 rings (SSSR count). The van der Waals surface area contributed by atoms with Crippen LogP contribution in [0, 0.1) is 24.1 Å². The lowest BCUT2D eigenvalue weighted by molar-refractivity contribution is 0.310. The average molecular weight is 325 g/mol.